The molecule has 4 rings (SSSR count). The third-order valence-corrected chi connectivity index (χ3v) is 5.95. The van der Waals surface area contributed by atoms with Crippen molar-refractivity contribution in [1.82, 2.24) is 19.7 Å². The lowest BCUT2D eigenvalue weighted by Gasteiger charge is -2.16. The van der Waals surface area contributed by atoms with Crippen LogP contribution in [0, 0.1) is 5.82 Å². The van der Waals surface area contributed by atoms with Gasteiger partial charge in [-0.1, -0.05) is 23.4 Å². The molecular weight excluding hydrogens is 482 g/mol. The predicted octanol–water partition coefficient (Wildman–Crippen LogP) is 5.75. The first-order valence-corrected chi connectivity index (χ1v) is 10.7. The second-order valence-electron chi connectivity index (χ2n) is 6.89. The fourth-order valence-corrected chi connectivity index (χ4v) is 4.06. The van der Waals surface area contributed by atoms with Gasteiger partial charge in [0.25, 0.3) is 0 Å². The van der Waals surface area contributed by atoms with Crippen molar-refractivity contribution in [1.29, 1.82) is 0 Å². The summed E-state index contributed by atoms with van der Waals surface area (Å²) in [6, 6.07) is 8.79. The maximum atomic E-state index is 13.3. The molecular formula is C21H14ClF4N5OS. The fourth-order valence-electron chi connectivity index (χ4n) is 3.00. The van der Waals surface area contributed by atoms with E-state index >= 15 is 0 Å². The monoisotopic (exact) mass is 495 g/mol. The van der Waals surface area contributed by atoms with Crippen molar-refractivity contribution in [2.24, 2.45) is 0 Å². The average Bonchev–Trinajstić information content (AvgIpc) is 3.20. The Hall–Kier alpha value is -3.18. The molecule has 0 saturated carbocycles. The molecule has 170 valence electrons. The molecule has 0 bridgehead atoms. The van der Waals surface area contributed by atoms with Gasteiger partial charge < -0.3 is 5.32 Å². The molecule has 0 aliphatic carbocycles. The van der Waals surface area contributed by atoms with Crippen LogP contribution < -0.4 is 5.32 Å². The molecule has 0 spiro atoms. The minimum atomic E-state index is -4.68. The van der Waals surface area contributed by atoms with E-state index in [-0.39, 0.29) is 10.7 Å². The van der Waals surface area contributed by atoms with E-state index < -0.39 is 28.7 Å². The topological polar surface area (TPSA) is 72.7 Å². The number of rotatable bonds is 5. The van der Waals surface area contributed by atoms with Crippen molar-refractivity contribution < 1.29 is 22.4 Å². The van der Waals surface area contributed by atoms with Gasteiger partial charge in [0.2, 0.25) is 5.91 Å². The van der Waals surface area contributed by atoms with Crippen LogP contribution in [0.15, 0.2) is 60.0 Å². The highest BCUT2D eigenvalue weighted by atomic mass is 35.5. The highest BCUT2D eigenvalue weighted by Gasteiger charge is 2.34. The van der Waals surface area contributed by atoms with E-state index in [1.165, 1.54) is 47.5 Å². The Morgan fingerprint density at radius 2 is 1.88 bits per heavy atom. The number of carbonyl (C=O) groups excluding carboxylic acids is 1. The molecule has 4 aromatic rings. The summed E-state index contributed by atoms with van der Waals surface area (Å²) in [6.45, 7) is 1.54. The Morgan fingerprint density at radius 3 is 2.58 bits per heavy atom. The fraction of sp³-hybridized carbons (Fsp3) is 0.143. The Morgan fingerprint density at radius 1 is 1.15 bits per heavy atom. The number of anilines is 1. The van der Waals surface area contributed by atoms with E-state index in [0.717, 1.165) is 23.9 Å². The lowest BCUT2D eigenvalue weighted by molar-refractivity contribution is -0.137. The van der Waals surface area contributed by atoms with Crippen LogP contribution >= 0.6 is 23.4 Å². The summed E-state index contributed by atoms with van der Waals surface area (Å²) in [5.74, 6) is -1.04. The number of carbonyl (C=O) groups is 1. The Balaban J connectivity index is 1.57. The van der Waals surface area contributed by atoms with E-state index in [1.54, 1.807) is 6.92 Å². The van der Waals surface area contributed by atoms with Crippen molar-refractivity contribution in [3.05, 3.63) is 71.4 Å². The number of amides is 1. The second-order valence-corrected chi connectivity index (χ2v) is 8.65. The van der Waals surface area contributed by atoms with E-state index in [0.29, 0.717) is 21.7 Å². The van der Waals surface area contributed by atoms with E-state index in [9.17, 15) is 22.4 Å². The van der Waals surface area contributed by atoms with Gasteiger partial charge in [-0.25, -0.2) is 19.0 Å². The molecule has 1 unspecified atom stereocenters. The molecule has 2 aromatic heterocycles. The van der Waals surface area contributed by atoms with Gasteiger partial charge in [-0.3, -0.25) is 4.79 Å². The first-order valence-electron chi connectivity index (χ1n) is 9.42. The molecule has 0 aliphatic heterocycles. The zero-order chi connectivity index (χ0) is 23.8. The summed E-state index contributed by atoms with van der Waals surface area (Å²) in [6.07, 6.45) is -1.89. The molecule has 33 heavy (non-hydrogen) atoms. The minimum Gasteiger partial charge on any atom is -0.325 e. The molecule has 0 radical (unpaired) electrons. The third-order valence-electron chi connectivity index (χ3n) is 4.60. The predicted molar refractivity (Wildman–Crippen MR) is 117 cm³/mol. The molecule has 6 nitrogen and oxygen atoms in total. The molecule has 2 aromatic carbocycles. The summed E-state index contributed by atoms with van der Waals surface area (Å²) in [5, 5.41) is 6.64. The third kappa shape index (κ3) is 4.93. The van der Waals surface area contributed by atoms with Gasteiger partial charge >= 0.3 is 6.18 Å². The van der Waals surface area contributed by atoms with Crippen molar-refractivity contribution in [2.45, 2.75) is 23.4 Å². The lowest BCUT2D eigenvalue weighted by atomic mass is 10.1. The van der Waals surface area contributed by atoms with Crippen LogP contribution in [0.5, 0.6) is 0 Å². The second kappa shape index (κ2) is 8.99. The lowest BCUT2D eigenvalue weighted by Crippen LogP contribution is -2.24. The molecule has 0 aliphatic rings. The summed E-state index contributed by atoms with van der Waals surface area (Å²) in [4.78, 5) is 21.0. The quantitative estimate of drug-likeness (QED) is 0.217. The molecule has 0 fully saturated rings. The summed E-state index contributed by atoms with van der Waals surface area (Å²) in [5.41, 5.74) is -0.412. The van der Waals surface area contributed by atoms with Crippen molar-refractivity contribution in [2.75, 3.05) is 5.32 Å². The minimum absolute atomic E-state index is 0.0932. The summed E-state index contributed by atoms with van der Waals surface area (Å²) in [7, 11) is 0. The number of alkyl halides is 3. The Bertz CT molecular complexity index is 1330. The van der Waals surface area contributed by atoms with Gasteiger partial charge in [-0.05, 0) is 49.4 Å². The van der Waals surface area contributed by atoms with Crippen molar-refractivity contribution in [3.63, 3.8) is 0 Å². The molecule has 0 saturated heterocycles. The number of hydrogen-bond donors (Lipinski definition) is 1. The van der Waals surface area contributed by atoms with E-state index in [4.69, 9.17) is 11.6 Å². The number of nitrogens with zero attached hydrogens (tertiary/aromatic N) is 4. The van der Waals surface area contributed by atoms with Crippen LogP contribution in [-0.2, 0) is 11.0 Å². The highest BCUT2D eigenvalue weighted by Crippen LogP contribution is 2.37. The maximum Gasteiger partial charge on any atom is 0.418 e. The van der Waals surface area contributed by atoms with Crippen LogP contribution in [0.25, 0.3) is 16.7 Å². The number of halogens is 5. The van der Waals surface area contributed by atoms with Gasteiger partial charge in [-0.15, -0.1) is 0 Å². The maximum absolute atomic E-state index is 13.3. The average molecular weight is 496 g/mol. The number of hydrogen-bond acceptors (Lipinski definition) is 5. The standard InChI is InChI=1S/C21H14ClF4N5OS/c1-11(19(32)30-17-7-2-12(22)8-16(17)21(24,25)26)33-20-15-9-29-31(18(15)27-10-28-20)14-5-3-13(23)4-6-14/h2-11H,1H3,(H,30,32). The molecule has 1 atom stereocenters. The number of nitrogens with one attached hydrogen (secondary N) is 1. The number of benzene rings is 2. The van der Waals surface area contributed by atoms with Crippen LogP contribution in [0.3, 0.4) is 0 Å². The van der Waals surface area contributed by atoms with Gasteiger partial charge in [0.05, 0.1) is 33.8 Å². The Kier molecular flexibility index (Phi) is 6.26. The normalized spacial score (nSPS) is 12.7. The smallest absolute Gasteiger partial charge is 0.325 e. The van der Waals surface area contributed by atoms with Crippen LogP contribution in [0.2, 0.25) is 5.02 Å². The number of fused-ring (bicyclic) bond motifs is 1. The summed E-state index contributed by atoms with van der Waals surface area (Å²) >= 11 is 6.73. The Labute approximate surface area is 194 Å². The zero-order valence-electron chi connectivity index (χ0n) is 16.8. The molecule has 1 N–H and O–H groups in total. The zero-order valence-corrected chi connectivity index (χ0v) is 18.3. The highest BCUT2D eigenvalue weighted by molar-refractivity contribution is 8.00. The van der Waals surface area contributed by atoms with E-state index in [2.05, 4.69) is 20.4 Å². The van der Waals surface area contributed by atoms with Crippen LogP contribution in [-0.4, -0.2) is 30.9 Å². The molecule has 1 amide bonds. The van der Waals surface area contributed by atoms with Crippen molar-refractivity contribution >= 4 is 46.0 Å². The van der Waals surface area contributed by atoms with Crippen LogP contribution in [0.1, 0.15) is 12.5 Å². The number of aromatic nitrogens is 4. The largest absolute Gasteiger partial charge is 0.418 e. The first-order chi connectivity index (χ1) is 15.6. The molecule has 12 heteroatoms. The van der Waals surface area contributed by atoms with Crippen molar-refractivity contribution in [3.8, 4) is 5.69 Å². The van der Waals surface area contributed by atoms with Gasteiger partial charge in [0.1, 0.15) is 17.2 Å². The molecule has 2 heterocycles. The van der Waals surface area contributed by atoms with Gasteiger partial charge in [0, 0.05) is 5.02 Å². The SMILES string of the molecule is CC(Sc1ncnc2c1cnn2-c1ccc(F)cc1)C(=O)Nc1ccc(Cl)cc1C(F)(F)F. The van der Waals surface area contributed by atoms with Gasteiger partial charge in [-0.2, -0.15) is 18.3 Å². The van der Waals surface area contributed by atoms with Gasteiger partial charge in [0.15, 0.2) is 5.65 Å². The van der Waals surface area contributed by atoms with Crippen LogP contribution in [0.4, 0.5) is 23.2 Å². The van der Waals surface area contributed by atoms with E-state index in [1.807, 2.05) is 0 Å². The number of thioether (sulfide) groups is 1. The first kappa shape index (κ1) is 23.0. The summed E-state index contributed by atoms with van der Waals surface area (Å²) < 4.78 is 54.6.